The standard InChI is InChI=1S/C17H17F3N4O2.ClH/c18-17(19,20)16(26)22-6-4-11(5-7-22)9-23-10-12-2-1-3-14-21-8-13(15(23)25)24(12)14;/h1-3,8,11H,4-7,9-10H2;1H. The Bertz CT molecular complexity index is 875. The number of alkyl halides is 3. The quantitative estimate of drug-likeness (QED) is 0.775. The molecule has 4 rings (SSSR count). The second-order valence-electron chi connectivity index (χ2n) is 6.77. The summed E-state index contributed by atoms with van der Waals surface area (Å²) < 4.78 is 39.4. The highest BCUT2D eigenvalue weighted by atomic mass is 35.5. The van der Waals surface area contributed by atoms with Crippen LogP contribution in [0, 0.1) is 5.92 Å². The van der Waals surface area contributed by atoms with Gasteiger partial charge in [-0.25, -0.2) is 4.98 Å². The highest BCUT2D eigenvalue weighted by Gasteiger charge is 2.43. The molecule has 0 N–H and O–H groups in total. The number of nitrogens with zero attached hydrogens (tertiary/aromatic N) is 4. The Kier molecular flexibility index (Phi) is 5.07. The SMILES string of the molecule is Cl.O=C1c2cnc3cccc(n23)CN1CC1CCN(C(=O)C(F)(F)F)CC1. The van der Waals surface area contributed by atoms with Gasteiger partial charge in [0.15, 0.2) is 0 Å². The van der Waals surface area contributed by atoms with Crippen LogP contribution >= 0.6 is 12.4 Å². The highest BCUT2D eigenvalue weighted by Crippen LogP contribution is 2.27. The minimum Gasteiger partial charge on any atom is -0.335 e. The summed E-state index contributed by atoms with van der Waals surface area (Å²) in [6, 6.07) is 5.65. The molecule has 2 aromatic rings. The lowest BCUT2D eigenvalue weighted by Gasteiger charge is -2.36. The first-order chi connectivity index (χ1) is 12.3. The smallest absolute Gasteiger partial charge is 0.335 e. The number of pyridine rings is 1. The van der Waals surface area contributed by atoms with Crippen molar-refractivity contribution in [2.24, 2.45) is 5.92 Å². The number of hydrogen-bond donors (Lipinski definition) is 0. The molecule has 6 nitrogen and oxygen atoms in total. The van der Waals surface area contributed by atoms with E-state index in [1.165, 1.54) is 0 Å². The van der Waals surface area contributed by atoms with Crippen LogP contribution in [0.3, 0.4) is 0 Å². The van der Waals surface area contributed by atoms with Gasteiger partial charge in [-0.1, -0.05) is 6.07 Å². The van der Waals surface area contributed by atoms with E-state index >= 15 is 0 Å². The monoisotopic (exact) mass is 402 g/mol. The maximum Gasteiger partial charge on any atom is 0.471 e. The van der Waals surface area contributed by atoms with E-state index in [9.17, 15) is 22.8 Å². The molecule has 2 amide bonds. The molecule has 0 aromatic carbocycles. The van der Waals surface area contributed by atoms with E-state index in [0.717, 1.165) is 16.2 Å². The Balaban J connectivity index is 0.00000210. The van der Waals surface area contributed by atoms with Crippen molar-refractivity contribution < 1.29 is 22.8 Å². The molecule has 0 saturated carbocycles. The van der Waals surface area contributed by atoms with Crippen molar-refractivity contribution in [3.8, 4) is 0 Å². The lowest BCUT2D eigenvalue weighted by molar-refractivity contribution is -0.186. The molecule has 146 valence electrons. The lowest BCUT2D eigenvalue weighted by Crippen LogP contribution is -2.47. The topological polar surface area (TPSA) is 57.9 Å². The molecule has 1 saturated heterocycles. The molecule has 4 heterocycles. The van der Waals surface area contributed by atoms with Crippen molar-refractivity contribution >= 4 is 29.9 Å². The van der Waals surface area contributed by atoms with E-state index in [4.69, 9.17) is 0 Å². The molecule has 0 atom stereocenters. The van der Waals surface area contributed by atoms with Gasteiger partial charge in [0, 0.05) is 25.3 Å². The average molecular weight is 403 g/mol. The first-order valence-electron chi connectivity index (χ1n) is 8.45. The number of likely N-dealkylation sites (tertiary alicyclic amines) is 1. The van der Waals surface area contributed by atoms with Gasteiger partial charge in [0.25, 0.3) is 5.91 Å². The number of halogens is 4. The summed E-state index contributed by atoms with van der Waals surface area (Å²) in [5.74, 6) is -1.82. The van der Waals surface area contributed by atoms with Crippen LogP contribution in [-0.2, 0) is 11.3 Å². The Hall–Kier alpha value is -2.29. The van der Waals surface area contributed by atoms with Crippen molar-refractivity contribution in [1.82, 2.24) is 19.2 Å². The Morgan fingerprint density at radius 3 is 2.59 bits per heavy atom. The molecule has 0 radical (unpaired) electrons. The fourth-order valence-corrected chi connectivity index (χ4v) is 3.77. The Morgan fingerprint density at radius 1 is 1.22 bits per heavy atom. The fourth-order valence-electron chi connectivity index (χ4n) is 3.77. The zero-order valence-electron chi connectivity index (χ0n) is 14.3. The van der Waals surface area contributed by atoms with Crippen molar-refractivity contribution in [3.63, 3.8) is 0 Å². The van der Waals surface area contributed by atoms with Crippen molar-refractivity contribution in [1.29, 1.82) is 0 Å². The molecule has 27 heavy (non-hydrogen) atoms. The van der Waals surface area contributed by atoms with E-state index in [1.54, 1.807) is 11.1 Å². The molecule has 0 unspecified atom stereocenters. The molecule has 0 bridgehead atoms. The van der Waals surface area contributed by atoms with E-state index in [1.807, 2.05) is 22.6 Å². The third-order valence-corrected chi connectivity index (χ3v) is 5.09. The highest BCUT2D eigenvalue weighted by molar-refractivity contribution is 5.94. The molecular formula is C17H18ClF3N4O2. The third-order valence-electron chi connectivity index (χ3n) is 5.09. The largest absolute Gasteiger partial charge is 0.471 e. The molecule has 1 fully saturated rings. The van der Waals surface area contributed by atoms with Gasteiger partial charge in [0.05, 0.1) is 12.7 Å². The van der Waals surface area contributed by atoms with Crippen LogP contribution in [-0.4, -0.2) is 56.8 Å². The van der Waals surface area contributed by atoms with Crippen LogP contribution in [0.15, 0.2) is 24.4 Å². The van der Waals surface area contributed by atoms with E-state index < -0.39 is 12.1 Å². The van der Waals surface area contributed by atoms with Crippen LogP contribution in [0.4, 0.5) is 13.2 Å². The fraction of sp³-hybridized carbons (Fsp3) is 0.471. The predicted molar refractivity (Wildman–Crippen MR) is 92.5 cm³/mol. The molecule has 2 aliphatic rings. The number of carbonyl (C=O) groups excluding carboxylic acids is 2. The number of amides is 2. The van der Waals surface area contributed by atoms with Gasteiger partial charge in [-0.15, -0.1) is 12.4 Å². The minimum atomic E-state index is -4.83. The summed E-state index contributed by atoms with van der Waals surface area (Å²) in [6.07, 6.45) is -2.37. The first-order valence-corrected chi connectivity index (χ1v) is 8.45. The second-order valence-corrected chi connectivity index (χ2v) is 6.77. The van der Waals surface area contributed by atoms with Crippen LogP contribution in [0.25, 0.3) is 5.65 Å². The summed E-state index contributed by atoms with van der Waals surface area (Å²) in [4.78, 5) is 30.8. The summed E-state index contributed by atoms with van der Waals surface area (Å²) in [5.41, 5.74) is 2.19. The van der Waals surface area contributed by atoms with Gasteiger partial charge in [0.1, 0.15) is 11.3 Å². The van der Waals surface area contributed by atoms with Crippen molar-refractivity contribution in [2.75, 3.05) is 19.6 Å². The van der Waals surface area contributed by atoms with Crippen molar-refractivity contribution in [3.05, 3.63) is 35.8 Å². The number of aromatic nitrogens is 2. The van der Waals surface area contributed by atoms with Crippen LogP contribution in [0.5, 0.6) is 0 Å². The van der Waals surface area contributed by atoms with Crippen LogP contribution in [0.2, 0.25) is 0 Å². The molecule has 0 spiro atoms. The maximum absolute atomic E-state index is 12.7. The Labute approximate surface area is 159 Å². The summed E-state index contributed by atoms with van der Waals surface area (Å²) in [5, 5.41) is 0. The third kappa shape index (κ3) is 3.47. The van der Waals surface area contributed by atoms with Gasteiger partial charge in [0.2, 0.25) is 0 Å². The minimum absolute atomic E-state index is 0. The number of carbonyl (C=O) groups is 2. The van der Waals surface area contributed by atoms with E-state index in [0.29, 0.717) is 31.6 Å². The molecular weight excluding hydrogens is 385 g/mol. The van der Waals surface area contributed by atoms with Gasteiger partial charge in [-0.2, -0.15) is 13.2 Å². The normalized spacial score (nSPS) is 18.0. The number of imidazole rings is 1. The number of hydrogen-bond acceptors (Lipinski definition) is 3. The maximum atomic E-state index is 12.7. The number of piperidine rings is 1. The first kappa shape index (κ1) is 19.5. The predicted octanol–water partition coefficient (Wildman–Crippen LogP) is 2.51. The summed E-state index contributed by atoms with van der Waals surface area (Å²) >= 11 is 0. The average Bonchev–Trinajstić information content (AvgIpc) is 3.04. The molecule has 10 heteroatoms. The summed E-state index contributed by atoms with van der Waals surface area (Å²) in [7, 11) is 0. The molecule has 2 aliphatic heterocycles. The summed E-state index contributed by atoms with van der Waals surface area (Å²) in [6.45, 7) is 1.05. The lowest BCUT2D eigenvalue weighted by atomic mass is 9.95. The zero-order valence-corrected chi connectivity index (χ0v) is 15.1. The van der Waals surface area contributed by atoms with Crippen LogP contribution < -0.4 is 0 Å². The Morgan fingerprint density at radius 2 is 1.93 bits per heavy atom. The van der Waals surface area contributed by atoms with Crippen LogP contribution in [0.1, 0.15) is 29.0 Å². The van der Waals surface area contributed by atoms with E-state index in [2.05, 4.69) is 4.98 Å². The second kappa shape index (κ2) is 7.03. The molecule has 2 aromatic heterocycles. The van der Waals surface area contributed by atoms with Crippen molar-refractivity contribution in [2.45, 2.75) is 25.6 Å². The van der Waals surface area contributed by atoms with Gasteiger partial charge in [-0.3, -0.25) is 14.0 Å². The van der Waals surface area contributed by atoms with Gasteiger partial charge in [-0.05, 0) is 30.9 Å². The van der Waals surface area contributed by atoms with Gasteiger partial charge < -0.3 is 9.80 Å². The van der Waals surface area contributed by atoms with E-state index in [-0.39, 0.29) is 37.3 Å². The zero-order chi connectivity index (χ0) is 18.5. The number of rotatable bonds is 2. The van der Waals surface area contributed by atoms with Gasteiger partial charge >= 0.3 is 12.1 Å². The molecule has 0 aliphatic carbocycles.